The molecule has 0 aliphatic heterocycles. The van der Waals surface area contributed by atoms with E-state index in [0.717, 1.165) is 25.8 Å². The number of aliphatic hydroxyl groups excluding tert-OH is 1. The van der Waals surface area contributed by atoms with Crippen molar-refractivity contribution in [3.63, 3.8) is 0 Å². The maximum Gasteiger partial charge on any atom is 0.326 e. The van der Waals surface area contributed by atoms with E-state index in [9.17, 15) is 15.0 Å². The van der Waals surface area contributed by atoms with Crippen molar-refractivity contribution in [2.45, 2.75) is 44.2 Å². The summed E-state index contributed by atoms with van der Waals surface area (Å²) in [5.41, 5.74) is 1.01. The Morgan fingerprint density at radius 1 is 1.31 bits per heavy atom. The first-order valence-electron chi connectivity index (χ1n) is 9.94. The third-order valence-electron chi connectivity index (χ3n) is 5.54. The minimum absolute atomic E-state index is 0.0401. The smallest absolute Gasteiger partial charge is 0.326 e. The second kappa shape index (κ2) is 7.03. The van der Waals surface area contributed by atoms with E-state index in [2.05, 4.69) is 25.4 Å². The number of hydrogen-bond donors (Lipinski definition) is 5. The molecule has 3 heterocycles. The lowest BCUT2D eigenvalue weighted by Crippen LogP contribution is -2.30. The van der Waals surface area contributed by atoms with Gasteiger partial charge in [-0.1, -0.05) is 0 Å². The van der Waals surface area contributed by atoms with E-state index in [1.54, 1.807) is 16.8 Å². The van der Waals surface area contributed by atoms with Crippen molar-refractivity contribution in [3.8, 4) is 5.88 Å². The zero-order chi connectivity index (χ0) is 20.0. The van der Waals surface area contributed by atoms with Crippen LogP contribution < -0.4 is 21.7 Å². The van der Waals surface area contributed by atoms with Crippen molar-refractivity contribution in [1.29, 1.82) is 0 Å². The Morgan fingerprint density at radius 3 is 2.86 bits per heavy atom. The van der Waals surface area contributed by atoms with E-state index in [1.807, 2.05) is 6.07 Å². The van der Waals surface area contributed by atoms with Gasteiger partial charge in [0, 0.05) is 17.8 Å². The van der Waals surface area contributed by atoms with Crippen LogP contribution in [0, 0.1) is 5.92 Å². The van der Waals surface area contributed by atoms with E-state index in [0.29, 0.717) is 28.1 Å². The Balaban J connectivity index is 1.62. The van der Waals surface area contributed by atoms with Crippen LogP contribution in [0.1, 0.15) is 37.8 Å². The van der Waals surface area contributed by atoms with Gasteiger partial charge in [0.05, 0.1) is 18.3 Å². The van der Waals surface area contributed by atoms with Crippen LogP contribution in [0.3, 0.4) is 0 Å². The molecular weight excluding hydrogens is 374 g/mol. The quantitative estimate of drug-likeness (QED) is 0.398. The number of nitrogens with one attached hydrogen (secondary N) is 3. The fraction of sp³-hybridized carbons (Fsp3) is 0.474. The molecule has 2 aliphatic rings. The maximum atomic E-state index is 11.4. The number of imidazole rings is 1. The first kappa shape index (κ1) is 17.9. The summed E-state index contributed by atoms with van der Waals surface area (Å²) in [4.78, 5) is 25.6. The summed E-state index contributed by atoms with van der Waals surface area (Å²) in [6, 6.07) is 1.81. The van der Waals surface area contributed by atoms with Crippen molar-refractivity contribution < 1.29 is 10.2 Å². The number of aromatic hydroxyl groups is 1. The summed E-state index contributed by atoms with van der Waals surface area (Å²) in [5.74, 6) is 1.02. The van der Waals surface area contributed by atoms with Crippen molar-refractivity contribution in [1.82, 2.24) is 24.6 Å². The first-order valence-corrected chi connectivity index (χ1v) is 9.94. The first-order chi connectivity index (χ1) is 14.1. The normalized spacial score (nSPS) is 23.3. The molecular formula is C19H23N7O3. The van der Waals surface area contributed by atoms with Gasteiger partial charge in [0.2, 0.25) is 5.88 Å². The number of nitrogens with zero attached hydrogens (tertiary/aromatic N) is 4. The molecule has 152 valence electrons. The number of rotatable bonds is 5. The molecule has 2 saturated carbocycles. The highest BCUT2D eigenvalue weighted by Gasteiger charge is 2.25. The van der Waals surface area contributed by atoms with Gasteiger partial charge in [0.1, 0.15) is 11.5 Å². The predicted molar refractivity (Wildman–Crippen MR) is 105 cm³/mol. The fourth-order valence-electron chi connectivity index (χ4n) is 3.72. The molecule has 3 aromatic rings. The van der Waals surface area contributed by atoms with Crippen LogP contribution in [-0.4, -0.2) is 53.5 Å². The molecule has 0 radical (unpaired) electrons. The van der Waals surface area contributed by atoms with Crippen LogP contribution in [0.2, 0.25) is 0 Å². The Hall–Kier alpha value is -3.14. The lowest BCUT2D eigenvalue weighted by molar-refractivity contribution is 0.171. The summed E-state index contributed by atoms with van der Waals surface area (Å²) < 4.78 is 1.66. The van der Waals surface area contributed by atoms with Crippen molar-refractivity contribution in [2.75, 3.05) is 11.9 Å². The summed E-state index contributed by atoms with van der Waals surface area (Å²) in [6.07, 6.45) is 7.90. The Bertz CT molecular complexity index is 1220. The molecule has 2 atom stereocenters. The predicted octanol–water partition coefficient (Wildman–Crippen LogP) is -0.365. The molecule has 0 spiro atoms. The van der Waals surface area contributed by atoms with Gasteiger partial charge in [-0.2, -0.15) is 9.61 Å². The SMILES string of the molecule is O=c1[nH]c(O)c(C=c2cnn3c(=NCC4CC4)cc(N[C@H]4CCCC4O)nc23)[nH]1. The molecule has 2 aliphatic carbocycles. The largest absolute Gasteiger partial charge is 0.493 e. The second-order valence-corrected chi connectivity index (χ2v) is 7.85. The summed E-state index contributed by atoms with van der Waals surface area (Å²) in [7, 11) is 0. The number of anilines is 1. The lowest BCUT2D eigenvalue weighted by atomic mass is 10.2. The fourth-order valence-corrected chi connectivity index (χ4v) is 3.72. The van der Waals surface area contributed by atoms with Gasteiger partial charge in [-0.3, -0.25) is 9.98 Å². The van der Waals surface area contributed by atoms with Gasteiger partial charge in [-0.15, -0.1) is 0 Å². The standard InChI is InChI=1S/C19H23N7O3/c27-14-3-1-2-12(14)22-15-7-16(20-8-10-4-5-10)26-17(24-15)11(9-21-26)6-13-18(28)25-19(29)23-13/h6-7,9-10,12,14,22,27-28H,1-5,8H2,(H2,23,25,29)/t12-,14?/m0/s1. The van der Waals surface area contributed by atoms with Crippen LogP contribution in [0.25, 0.3) is 11.7 Å². The van der Waals surface area contributed by atoms with E-state index < -0.39 is 11.8 Å². The number of aliphatic hydroxyl groups is 1. The molecule has 0 saturated heterocycles. The molecule has 10 heteroatoms. The molecule has 3 aromatic heterocycles. The molecule has 5 N–H and O–H groups in total. The number of H-pyrrole nitrogens is 2. The minimum atomic E-state index is -0.490. The lowest BCUT2D eigenvalue weighted by Gasteiger charge is -2.17. The molecule has 0 aromatic carbocycles. The van der Waals surface area contributed by atoms with Crippen molar-refractivity contribution in [2.24, 2.45) is 10.9 Å². The van der Waals surface area contributed by atoms with Gasteiger partial charge in [0.15, 0.2) is 11.1 Å². The van der Waals surface area contributed by atoms with Crippen molar-refractivity contribution >= 4 is 17.5 Å². The Morgan fingerprint density at radius 2 is 2.17 bits per heavy atom. The van der Waals surface area contributed by atoms with E-state index in [4.69, 9.17) is 4.99 Å². The van der Waals surface area contributed by atoms with E-state index in [-0.39, 0.29) is 17.6 Å². The number of aromatic amines is 2. The zero-order valence-electron chi connectivity index (χ0n) is 15.8. The monoisotopic (exact) mass is 397 g/mol. The van der Waals surface area contributed by atoms with Crippen LogP contribution in [0.4, 0.5) is 5.82 Å². The van der Waals surface area contributed by atoms with E-state index in [1.165, 1.54) is 12.8 Å². The summed E-state index contributed by atoms with van der Waals surface area (Å²) in [6.45, 7) is 0.745. The highest BCUT2D eigenvalue weighted by atomic mass is 16.3. The minimum Gasteiger partial charge on any atom is -0.493 e. The number of hydrogen-bond acceptors (Lipinski definition) is 7. The molecule has 0 bridgehead atoms. The maximum absolute atomic E-state index is 11.4. The van der Waals surface area contributed by atoms with Gasteiger partial charge < -0.3 is 20.5 Å². The number of fused-ring (bicyclic) bond motifs is 1. The van der Waals surface area contributed by atoms with Gasteiger partial charge >= 0.3 is 5.69 Å². The second-order valence-electron chi connectivity index (χ2n) is 7.85. The van der Waals surface area contributed by atoms with Crippen LogP contribution in [-0.2, 0) is 0 Å². The average molecular weight is 397 g/mol. The topological polar surface area (TPSA) is 144 Å². The average Bonchev–Trinajstić information content (AvgIpc) is 3.18. The van der Waals surface area contributed by atoms with Gasteiger partial charge in [-0.25, -0.2) is 9.78 Å². The summed E-state index contributed by atoms with van der Waals surface area (Å²) in [5, 5.41) is 28.4. The van der Waals surface area contributed by atoms with E-state index >= 15 is 0 Å². The molecule has 10 nitrogen and oxygen atoms in total. The Labute approximate surface area is 165 Å². The van der Waals surface area contributed by atoms with Crippen LogP contribution in [0.15, 0.2) is 22.1 Å². The van der Waals surface area contributed by atoms with Gasteiger partial charge in [0.25, 0.3) is 0 Å². The summed E-state index contributed by atoms with van der Waals surface area (Å²) >= 11 is 0. The van der Waals surface area contributed by atoms with Crippen molar-refractivity contribution in [3.05, 3.63) is 39.1 Å². The third-order valence-corrected chi connectivity index (χ3v) is 5.54. The van der Waals surface area contributed by atoms with Gasteiger partial charge in [-0.05, 0) is 44.1 Å². The highest BCUT2D eigenvalue weighted by Crippen LogP contribution is 2.28. The third kappa shape index (κ3) is 3.63. The molecule has 0 amide bonds. The highest BCUT2D eigenvalue weighted by molar-refractivity contribution is 5.58. The molecule has 5 rings (SSSR count). The Kier molecular flexibility index (Phi) is 4.35. The number of aromatic nitrogens is 5. The molecule has 1 unspecified atom stereocenters. The van der Waals surface area contributed by atoms with Crippen LogP contribution in [0.5, 0.6) is 5.88 Å². The molecule has 2 fully saturated rings. The van der Waals surface area contributed by atoms with Crippen LogP contribution >= 0.6 is 0 Å². The zero-order valence-corrected chi connectivity index (χ0v) is 15.8. The molecule has 29 heavy (non-hydrogen) atoms.